The first-order valence-corrected chi connectivity index (χ1v) is 10.6. The number of aryl methyl sites for hydroxylation is 2. The number of furan rings is 1. The van der Waals surface area contributed by atoms with E-state index in [1.807, 2.05) is 6.92 Å². The minimum Gasteiger partial charge on any atom is -0.466 e. The first-order valence-electron chi connectivity index (χ1n) is 8.51. The molecule has 0 bridgehead atoms. The summed E-state index contributed by atoms with van der Waals surface area (Å²) in [5.41, 5.74) is 0.594. The van der Waals surface area contributed by atoms with Crippen LogP contribution in [0.3, 0.4) is 0 Å². The molecule has 0 spiro atoms. The van der Waals surface area contributed by atoms with Crippen molar-refractivity contribution < 1.29 is 17.6 Å². The molecule has 1 aliphatic carbocycles. The largest absolute Gasteiger partial charge is 0.466 e. The van der Waals surface area contributed by atoms with Gasteiger partial charge in [0.15, 0.2) is 0 Å². The second kappa shape index (κ2) is 6.52. The summed E-state index contributed by atoms with van der Waals surface area (Å²) in [6.45, 7) is 5.76. The van der Waals surface area contributed by atoms with Crippen LogP contribution in [0, 0.1) is 25.7 Å². The van der Waals surface area contributed by atoms with Crippen LogP contribution in [0.2, 0.25) is 0 Å². The lowest BCUT2D eigenvalue weighted by molar-refractivity contribution is 0.0926. The Labute approximate surface area is 143 Å². The van der Waals surface area contributed by atoms with Crippen molar-refractivity contribution in [3.63, 3.8) is 0 Å². The molecule has 1 aromatic heterocycles. The molecule has 0 radical (unpaired) electrons. The Morgan fingerprint density at radius 3 is 2.58 bits per heavy atom. The third-order valence-corrected chi connectivity index (χ3v) is 5.97. The van der Waals surface area contributed by atoms with Gasteiger partial charge in [-0.2, -0.15) is 0 Å². The van der Waals surface area contributed by atoms with Crippen LogP contribution in [-0.4, -0.2) is 56.9 Å². The van der Waals surface area contributed by atoms with Crippen LogP contribution in [0.15, 0.2) is 10.5 Å². The molecule has 1 saturated heterocycles. The summed E-state index contributed by atoms with van der Waals surface area (Å²) in [4.78, 5) is 14.7. The fourth-order valence-corrected chi connectivity index (χ4v) is 4.24. The van der Waals surface area contributed by atoms with Crippen LogP contribution in [0.4, 0.5) is 0 Å². The lowest BCUT2D eigenvalue weighted by atomic mass is 9.98. The monoisotopic (exact) mass is 354 g/mol. The average molecular weight is 354 g/mol. The van der Waals surface area contributed by atoms with E-state index >= 15 is 0 Å². The number of rotatable bonds is 6. The van der Waals surface area contributed by atoms with Gasteiger partial charge in [0, 0.05) is 31.9 Å². The van der Waals surface area contributed by atoms with Gasteiger partial charge in [0.1, 0.15) is 21.4 Å². The van der Waals surface area contributed by atoms with Crippen LogP contribution < -0.4 is 5.32 Å². The predicted molar refractivity (Wildman–Crippen MR) is 91.8 cm³/mol. The van der Waals surface area contributed by atoms with Gasteiger partial charge < -0.3 is 9.73 Å². The first kappa shape index (κ1) is 17.5. The third kappa shape index (κ3) is 4.19. The Hall–Kier alpha value is -1.34. The molecule has 2 heterocycles. The third-order valence-electron chi connectivity index (χ3n) is 5.05. The van der Waals surface area contributed by atoms with Crippen LogP contribution in [0.25, 0.3) is 0 Å². The molecule has 2 atom stereocenters. The summed E-state index contributed by atoms with van der Waals surface area (Å²) >= 11 is 0. The Kier molecular flexibility index (Phi) is 4.75. The van der Waals surface area contributed by atoms with Crippen LogP contribution in [0.5, 0.6) is 0 Å². The van der Waals surface area contributed by atoms with Gasteiger partial charge in [0.05, 0.1) is 11.3 Å². The van der Waals surface area contributed by atoms with Gasteiger partial charge in [-0.05, 0) is 44.6 Å². The molecule has 134 valence electrons. The van der Waals surface area contributed by atoms with E-state index in [4.69, 9.17) is 4.42 Å². The molecule has 24 heavy (non-hydrogen) atoms. The fourth-order valence-electron chi connectivity index (χ4n) is 3.65. The minimum atomic E-state index is -2.96. The Morgan fingerprint density at radius 2 is 2.04 bits per heavy atom. The van der Waals surface area contributed by atoms with Crippen molar-refractivity contribution in [2.45, 2.75) is 32.7 Å². The predicted octanol–water partition coefficient (Wildman–Crippen LogP) is 1.38. The molecule has 1 amide bonds. The molecule has 2 aliphatic rings. The van der Waals surface area contributed by atoms with Crippen LogP contribution >= 0.6 is 0 Å². The number of sulfone groups is 1. The highest BCUT2D eigenvalue weighted by molar-refractivity contribution is 7.90. The van der Waals surface area contributed by atoms with E-state index in [1.165, 1.54) is 19.1 Å². The van der Waals surface area contributed by atoms with Crippen molar-refractivity contribution in [3.05, 3.63) is 23.2 Å². The highest BCUT2D eigenvalue weighted by atomic mass is 32.2. The zero-order chi connectivity index (χ0) is 17.5. The molecule has 7 heteroatoms. The number of likely N-dealkylation sites (tertiary alicyclic amines) is 1. The van der Waals surface area contributed by atoms with E-state index in [9.17, 15) is 13.2 Å². The Morgan fingerprint density at radius 1 is 1.33 bits per heavy atom. The standard InChI is InChI=1S/C17H26N2O4S/c1-11-8-14(12(2)23-11)17(20)18-16-10-19(6-7-24(3,21)22)9-15(16)13-4-5-13/h8,13,15-16H,4-7,9-10H2,1-3H3,(H,18,20)/t15-,16+/m1/s1. The fraction of sp³-hybridized carbons (Fsp3) is 0.706. The number of nitrogens with zero attached hydrogens (tertiary/aromatic N) is 1. The molecule has 1 aliphatic heterocycles. The van der Waals surface area contributed by atoms with Gasteiger partial charge in [-0.3, -0.25) is 9.69 Å². The van der Waals surface area contributed by atoms with Crippen molar-refractivity contribution in [2.75, 3.05) is 31.6 Å². The zero-order valence-electron chi connectivity index (χ0n) is 14.5. The van der Waals surface area contributed by atoms with Gasteiger partial charge in [0.2, 0.25) is 0 Å². The molecule has 6 nitrogen and oxygen atoms in total. The highest BCUT2D eigenvalue weighted by Gasteiger charge is 2.43. The molecule has 2 fully saturated rings. The van der Waals surface area contributed by atoms with Gasteiger partial charge in [-0.1, -0.05) is 0 Å². The smallest absolute Gasteiger partial charge is 0.255 e. The lowest BCUT2D eigenvalue weighted by Gasteiger charge is -2.19. The van der Waals surface area contributed by atoms with Crippen LogP contribution in [0.1, 0.15) is 34.7 Å². The summed E-state index contributed by atoms with van der Waals surface area (Å²) in [5, 5.41) is 3.16. The van der Waals surface area contributed by atoms with E-state index in [1.54, 1.807) is 13.0 Å². The van der Waals surface area contributed by atoms with Gasteiger partial charge >= 0.3 is 0 Å². The summed E-state index contributed by atoms with van der Waals surface area (Å²) in [5.74, 6) is 2.53. The van der Waals surface area contributed by atoms with Crippen molar-refractivity contribution in [1.29, 1.82) is 0 Å². The molecule has 1 N–H and O–H groups in total. The van der Waals surface area contributed by atoms with Crippen molar-refractivity contribution in [2.24, 2.45) is 11.8 Å². The minimum absolute atomic E-state index is 0.0826. The topological polar surface area (TPSA) is 79.6 Å². The Bertz CT molecular complexity index is 721. The maximum Gasteiger partial charge on any atom is 0.255 e. The summed E-state index contributed by atoms with van der Waals surface area (Å²) in [7, 11) is -2.96. The number of hydrogen-bond acceptors (Lipinski definition) is 5. The highest BCUT2D eigenvalue weighted by Crippen LogP contribution is 2.41. The normalized spacial score (nSPS) is 25.1. The van der Waals surface area contributed by atoms with Gasteiger partial charge in [0.25, 0.3) is 5.91 Å². The van der Waals surface area contributed by atoms with Crippen LogP contribution in [-0.2, 0) is 9.84 Å². The molecule has 3 rings (SSSR count). The van der Waals surface area contributed by atoms with E-state index in [2.05, 4.69) is 10.2 Å². The summed E-state index contributed by atoms with van der Waals surface area (Å²) < 4.78 is 28.2. The number of carbonyl (C=O) groups is 1. The maximum atomic E-state index is 12.6. The second-order valence-corrected chi connectivity index (χ2v) is 9.56. The lowest BCUT2D eigenvalue weighted by Crippen LogP contribution is -2.41. The van der Waals surface area contributed by atoms with E-state index in [0.29, 0.717) is 29.7 Å². The van der Waals surface area contributed by atoms with E-state index < -0.39 is 9.84 Å². The number of carbonyl (C=O) groups excluding carboxylic acids is 1. The molecule has 0 aromatic carbocycles. The number of nitrogens with one attached hydrogen (secondary N) is 1. The molecule has 1 saturated carbocycles. The van der Waals surface area contributed by atoms with E-state index in [-0.39, 0.29) is 17.7 Å². The summed E-state index contributed by atoms with van der Waals surface area (Å²) in [6, 6.07) is 1.85. The van der Waals surface area contributed by atoms with Gasteiger partial charge in [-0.15, -0.1) is 0 Å². The second-order valence-electron chi connectivity index (χ2n) is 7.30. The maximum absolute atomic E-state index is 12.6. The quantitative estimate of drug-likeness (QED) is 0.835. The zero-order valence-corrected chi connectivity index (χ0v) is 15.4. The Balaban J connectivity index is 1.64. The molecular formula is C17H26N2O4S. The number of amides is 1. The summed E-state index contributed by atoms with van der Waals surface area (Å²) in [6.07, 6.45) is 3.69. The van der Waals surface area contributed by atoms with Crippen molar-refractivity contribution >= 4 is 15.7 Å². The number of hydrogen-bond donors (Lipinski definition) is 1. The molecule has 0 unspecified atom stereocenters. The molecule has 1 aromatic rings. The SMILES string of the molecule is Cc1cc(C(=O)N[C@H]2CN(CCS(C)(=O)=O)C[C@@H]2C2CC2)c(C)o1. The van der Waals surface area contributed by atoms with Gasteiger partial charge in [-0.25, -0.2) is 8.42 Å². The first-order chi connectivity index (χ1) is 11.2. The van der Waals surface area contributed by atoms with E-state index in [0.717, 1.165) is 18.8 Å². The van der Waals surface area contributed by atoms with Crippen molar-refractivity contribution in [3.8, 4) is 0 Å². The molecular weight excluding hydrogens is 328 g/mol. The van der Waals surface area contributed by atoms with Crippen molar-refractivity contribution in [1.82, 2.24) is 10.2 Å². The average Bonchev–Trinajstić information content (AvgIpc) is 3.15.